The highest BCUT2D eigenvalue weighted by Gasteiger charge is 2.60. The Labute approximate surface area is 179 Å². The minimum atomic E-state index is -3.69. The molecule has 2 aliphatic rings. The second-order valence-electron chi connectivity index (χ2n) is 7.67. The molecule has 4 rings (SSSR count). The van der Waals surface area contributed by atoms with E-state index in [9.17, 15) is 18.0 Å². The summed E-state index contributed by atoms with van der Waals surface area (Å²) in [4.78, 5) is 30.7. The molecule has 0 bridgehead atoms. The number of carbonyl (C=O) groups excluding carboxylic acids is 2. The first-order valence-corrected chi connectivity index (χ1v) is 11.4. The lowest BCUT2D eigenvalue weighted by atomic mass is 10.2. The van der Waals surface area contributed by atoms with E-state index in [1.807, 2.05) is 7.05 Å². The number of amides is 2. The Morgan fingerprint density at radius 3 is 2.47 bits per heavy atom. The fraction of sp³-hybridized carbons (Fsp3) is 0.421. The molecule has 1 aliphatic carbocycles. The van der Waals surface area contributed by atoms with E-state index in [-0.39, 0.29) is 47.4 Å². The molecule has 1 aliphatic heterocycles. The molecule has 0 spiro atoms. The number of piperidine rings is 1. The van der Waals surface area contributed by atoms with Gasteiger partial charge in [-0.2, -0.15) is 0 Å². The predicted octanol–water partition coefficient (Wildman–Crippen LogP) is 1.08. The molecule has 0 radical (unpaired) electrons. The second-order valence-corrected chi connectivity index (χ2v) is 9.87. The van der Waals surface area contributed by atoms with Gasteiger partial charge in [-0.3, -0.25) is 9.59 Å². The number of fused-ring (bicyclic) bond motifs is 1. The lowest BCUT2D eigenvalue weighted by Crippen LogP contribution is -2.36. The number of benzene rings is 1. The van der Waals surface area contributed by atoms with Crippen LogP contribution in [-0.2, 0) is 26.7 Å². The lowest BCUT2D eigenvalue weighted by molar-refractivity contribution is -0.131. The van der Waals surface area contributed by atoms with E-state index in [1.54, 1.807) is 22.0 Å². The van der Waals surface area contributed by atoms with Crippen LogP contribution in [0.25, 0.3) is 0 Å². The summed E-state index contributed by atoms with van der Waals surface area (Å²) in [5, 5.41) is 3.26. The van der Waals surface area contributed by atoms with Crippen molar-refractivity contribution in [2.45, 2.75) is 11.3 Å². The quantitative estimate of drug-likeness (QED) is 0.654. The van der Waals surface area contributed by atoms with Gasteiger partial charge >= 0.3 is 0 Å². The summed E-state index contributed by atoms with van der Waals surface area (Å²) in [6.07, 6.45) is 3.42. The molecule has 1 aromatic carbocycles. The number of sulfonamides is 1. The Morgan fingerprint density at radius 1 is 1.20 bits per heavy atom. The maximum atomic E-state index is 12.4. The Morgan fingerprint density at radius 2 is 1.87 bits per heavy atom. The second kappa shape index (κ2) is 8.01. The van der Waals surface area contributed by atoms with Crippen molar-refractivity contribution in [1.82, 2.24) is 19.2 Å². The smallest absolute Gasteiger partial charge is 0.240 e. The molecule has 9 nitrogen and oxygen atoms in total. The number of aromatic nitrogens is 2. The van der Waals surface area contributed by atoms with Gasteiger partial charge < -0.3 is 14.8 Å². The van der Waals surface area contributed by atoms with E-state index < -0.39 is 10.0 Å². The van der Waals surface area contributed by atoms with Crippen LogP contribution < -0.4 is 10.0 Å². The maximum Gasteiger partial charge on any atom is 0.240 e. The molecule has 1 saturated heterocycles. The standard InChI is InChI=1S/C19H22ClN5O4S/c1-24-10-16(21-11-24)23-19(27)18-14-8-25(9-15(14)18)17(26)6-7-22-30(28,29)13-4-2-12(20)3-5-13/h2-5,10-11,14-15,18,22H,6-9H2,1H3,(H,23,27)/t14-,15+,18?. The van der Waals surface area contributed by atoms with Crippen LogP contribution in [0.5, 0.6) is 0 Å². The number of nitrogens with one attached hydrogen (secondary N) is 2. The van der Waals surface area contributed by atoms with Crippen molar-refractivity contribution >= 4 is 39.3 Å². The maximum absolute atomic E-state index is 12.4. The summed E-state index contributed by atoms with van der Waals surface area (Å²) in [6, 6.07) is 5.82. The number of hydrogen-bond donors (Lipinski definition) is 2. The van der Waals surface area contributed by atoms with Crippen molar-refractivity contribution in [2.75, 3.05) is 25.0 Å². The van der Waals surface area contributed by atoms with Gasteiger partial charge in [0.15, 0.2) is 5.82 Å². The van der Waals surface area contributed by atoms with Gasteiger partial charge in [0.1, 0.15) is 0 Å². The summed E-state index contributed by atoms with van der Waals surface area (Å²) in [5.74, 6) is 0.552. The summed E-state index contributed by atoms with van der Waals surface area (Å²) in [6.45, 7) is 1.06. The Balaban J connectivity index is 1.21. The molecule has 30 heavy (non-hydrogen) atoms. The van der Waals surface area contributed by atoms with Gasteiger partial charge in [-0.05, 0) is 36.1 Å². The number of anilines is 1. The molecule has 2 fully saturated rings. The fourth-order valence-corrected chi connectivity index (χ4v) is 5.11. The molecule has 2 aromatic rings. The molecule has 2 N–H and O–H groups in total. The fourth-order valence-electron chi connectivity index (χ4n) is 3.95. The van der Waals surface area contributed by atoms with Crippen LogP contribution in [0.1, 0.15) is 6.42 Å². The van der Waals surface area contributed by atoms with Gasteiger partial charge in [-0.1, -0.05) is 11.6 Å². The third-order valence-electron chi connectivity index (χ3n) is 5.56. The highest BCUT2D eigenvalue weighted by molar-refractivity contribution is 7.89. The van der Waals surface area contributed by atoms with Crippen LogP contribution in [-0.4, -0.2) is 54.3 Å². The van der Waals surface area contributed by atoms with Gasteiger partial charge in [-0.25, -0.2) is 18.1 Å². The summed E-state index contributed by atoms with van der Waals surface area (Å²) in [7, 11) is -1.86. The van der Waals surface area contributed by atoms with Gasteiger partial charge in [0.25, 0.3) is 0 Å². The van der Waals surface area contributed by atoms with E-state index in [4.69, 9.17) is 11.6 Å². The average molecular weight is 452 g/mol. The van der Waals surface area contributed by atoms with E-state index in [0.717, 1.165) is 0 Å². The largest absolute Gasteiger partial charge is 0.342 e. The summed E-state index contributed by atoms with van der Waals surface area (Å²) >= 11 is 5.77. The number of rotatable bonds is 7. The number of carbonyl (C=O) groups is 2. The average Bonchev–Trinajstić information content (AvgIpc) is 2.99. The first-order chi connectivity index (χ1) is 14.2. The zero-order valence-corrected chi connectivity index (χ0v) is 17.9. The number of aryl methyl sites for hydroxylation is 1. The highest BCUT2D eigenvalue weighted by atomic mass is 35.5. The van der Waals surface area contributed by atoms with Crippen molar-refractivity contribution in [3.63, 3.8) is 0 Å². The van der Waals surface area contributed by atoms with Crippen LogP contribution in [0, 0.1) is 17.8 Å². The molecule has 2 heterocycles. The first-order valence-electron chi connectivity index (χ1n) is 9.56. The molecule has 160 valence electrons. The van der Waals surface area contributed by atoms with Gasteiger partial charge in [0, 0.05) is 50.2 Å². The van der Waals surface area contributed by atoms with Crippen molar-refractivity contribution in [1.29, 1.82) is 0 Å². The number of nitrogens with zero attached hydrogens (tertiary/aromatic N) is 3. The number of likely N-dealkylation sites (tertiary alicyclic amines) is 1. The number of halogens is 1. The summed E-state index contributed by atoms with van der Waals surface area (Å²) in [5.41, 5.74) is 0. The van der Waals surface area contributed by atoms with Crippen LogP contribution in [0.15, 0.2) is 41.7 Å². The van der Waals surface area contributed by atoms with Crippen molar-refractivity contribution in [3.8, 4) is 0 Å². The van der Waals surface area contributed by atoms with E-state index in [1.165, 1.54) is 24.3 Å². The van der Waals surface area contributed by atoms with Crippen LogP contribution in [0.3, 0.4) is 0 Å². The van der Waals surface area contributed by atoms with Crippen LogP contribution >= 0.6 is 11.6 Å². The Kier molecular flexibility index (Phi) is 5.56. The molecule has 2 amide bonds. The lowest BCUT2D eigenvalue weighted by Gasteiger charge is -2.19. The van der Waals surface area contributed by atoms with Gasteiger partial charge in [-0.15, -0.1) is 0 Å². The van der Waals surface area contributed by atoms with Crippen molar-refractivity contribution < 1.29 is 18.0 Å². The molecule has 1 unspecified atom stereocenters. The summed E-state index contributed by atoms with van der Waals surface area (Å²) < 4.78 is 28.7. The molecule has 11 heteroatoms. The highest BCUT2D eigenvalue weighted by Crippen LogP contribution is 2.52. The topological polar surface area (TPSA) is 113 Å². The van der Waals surface area contributed by atoms with Crippen LogP contribution in [0.2, 0.25) is 5.02 Å². The van der Waals surface area contributed by atoms with Crippen molar-refractivity contribution in [2.24, 2.45) is 24.8 Å². The van der Waals surface area contributed by atoms with E-state index in [2.05, 4.69) is 15.0 Å². The zero-order valence-electron chi connectivity index (χ0n) is 16.3. The number of imidazole rings is 1. The monoisotopic (exact) mass is 451 g/mol. The normalized spacial score (nSPS) is 22.6. The van der Waals surface area contributed by atoms with Crippen molar-refractivity contribution in [3.05, 3.63) is 41.8 Å². The zero-order chi connectivity index (χ0) is 21.5. The minimum absolute atomic E-state index is 0.0131. The molecule has 3 atom stereocenters. The third-order valence-corrected chi connectivity index (χ3v) is 7.29. The SMILES string of the molecule is Cn1cnc(NC(=O)C2[C@H]3CN(C(=O)CCNS(=O)(=O)c4ccc(Cl)cc4)C[C@@H]23)c1. The first kappa shape index (κ1) is 20.8. The third kappa shape index (κ3) is 4.35. The Bertz CT molecular complexity index is 1060. The van der Waals surface area contributed by atoms with Gasteiger partial charge in [0.05, 0.1) is 11.2 Å². The van der Waals surface area contributed by atoms with Crippen LogP contribution in [0.4, 0.5) is 5.82 Å². The van der Waals surface area contributed by atoms with E-state index in [0.29, 0.717) is 23.9 Å². The molecule has 1 saturated carbocycles. The van der Waals surface area contributed by atoms with Gasteiger partial charge in [0.2, 0.25) is 21.8 Å². The molecule has 1 aromatic heterocycles. The number of hydrogen-bond acceptors (Lipinski definition) is 5. The van der Waals surface area contributed by atoms with E-state index >= 15 is 0 Å². The predicted molar refractivity (Wildman–Crippen MR) is 110 cm³/mol. The Hall–Kier alpha value is -2.43. The minimum Gasteiger partial charge on any atom is -0.342 e. The molecular formula is C19H22ClN5O4S. The molecular weight excluding hydrogens is 430 g/mol.